The van der Waals surface area contributed by atoms with Crippen molar-refractivity contribution < 1.29 is 13.2 Å². The van der Waals surface area contributed by atoms with Crippen LogP contribution in [0.4, 0.5) is 11.4 Å². The van der Waals surface area contributed by atoms with Crippen LogP contribution in [0.2, 0.25) is 0 Å². The lowest BCUT2D eigenvalue weighted by atomic mass is 10.0. The van der Waals surface area contributed by atoms with E-state index in [1.807, 2.05) is 31.2 Å². The zero-order valence-electron chi connectivity index (χ0n) is 13.7. The molecule has 0 bridgehead atoms. The molecule has 0 spiro atoms. The van der Waals surface area contributed by atoms with Crippen LogP contribution in [0.3, 0.4) is 0 Å². The maximum atomic E-state index is 12.4. The smallest absolute Gasteiger partial charge is 0.236 e. The Hall–Kier alpha value is -2.34. The Morgan fingerprint density at radius 2 is 1.92 bits per heavy atom. The highest BCUT2D eigenvalue weighted by Crippen LogP contribution is 2.29. The monoisotopic (exact) mass is 344 g/mol. The van der Waals surface area contributed by atoms with Gasteiger partial charge in [-0.3, -0.25) is 9.52 Å². The van der Waals surface area contributed by atoms with Gasteiger partial charge >= 0.3 is 0 Å². The predicted octanol–water partition coefficient (Wildman–Crippen LogP) is 2.85. The third-order valence-corrected chi connectivity index (χ3v) is 5.40. The number of fused-ring (bicyclic) bond motifs is 1. The maximum Gasteiger partial charge on any atom is 0.236 e. The second-order valence-electron chi connectivity index (χ2n) is 6.15. The summed E-state index contributed by atoms with van der Waals surface area (Å²) in [4.78, 5) is 13.3. The van der Waals surface area contributed by atoms with E-state index < -0.39 is 10.0 Å². The van der Waals surface area contributed by atoms with Crippen molar-refractivity contribution in [1.82, 2.24) is 0 Å². The van der Waals surface area contributed by atoms with Crippen molar-refractivity contribution >= 4 is 27.3 Å². The van der Waals surface area contributed by atoms with Gasteiger partial charge in [0.05, 0.1) is 5.75 Å². The zero-order valence-corrected chi connectivity index (χ0v) is 14.6. The van der Waals surface area contributed by atoms with E-state index in [4.69, 9.17) is 0 Å². The maximum absolute atomic E-state index is 12.4. The Bertz CT molecular complexity index is 891. The van der Waals surface area contributed by atoms with Crippen LogP contribution in [0, 0.1) is 6.92 Å². The SMILES string of the molecule is Cc1cccc(CS(=O)(=O)Nc2ccc3c(c2)CCC(=O)N3C)c1. The molecule has 1 heterocycles. The number of nitrogens with one attached hydrogen (secondary N) is 1. The van der Waals surface area contributed by atoms with E-state index in [1.165, 1.54) is 0 Å². The van der Waals surface area contributed by atoms with Crippen LogP contribution in [0.25, 0.3) is 0 Å². The third kappa shape index (κ3) is 3.59. The number of benzene rings is 2. The van der Waals surface area contributed by atoms with E-state index in [9.17, 15) is 13.2 Å². The Labute approximate surface area is 142 Å². The van der Waals surface area contributed by atoms with Gasteiger partial charge in [-0.1, -0.05) is 29.8 Å². The third-order valence-electron chi connectivity index (χ3n) is 4.14. The first-order valence-corrected chi connectivity index (χ1v) is 9.45. The van der Waals surface area contributed by atoms with Crippen LogP contribution in [0.1, 0.15) is 23.1 Å². The molecule has 2 aromatic rings. The minimum absolute atomic E-state index is 0.0653. The molecule has 126 valence electrons. The average Bonchev–Trinajstić information content (AvgIpc) is 2.50. The first-order valence-electron chi connectivity index (χ1n) is 7.79. The van der Waals surface area contributed by atoms with Crippen molar-refractivity contribution in [3.05, 3.63) is 59.2 Å². The number of anilines is 2. The predicted molar refractivity (Wildman–Crippen MR) is 95.6 cm³/mol. The minimum atomic E-state index is -3.49. The number of hydrogen-bond acceptors (Lipinski definition) is 3. The minimum Gasteiger partial charge on any atom is -0.315 e. The summed E-state index contributed by atoms with van der Waals surface area (Å²) in [6.07, 6.45) is 1.08. The zero-order chi connectivity index (χ0) is 17.3. The summed E-state index contributed by atoms with van der Waals surface area (Å²) >= 11 is 0. The molecule has 0 fully saturated rings. The second-order valence-corrected chi connectivity index (χ2v) is 7.87. The number of carbonyl (C=O) groups is 1. The standard InChI is InChI=1S/C18H20N2O3S/c1-13-4-3-5-14(10-13)12-24(22,23)19-16-7-8-17-15(11-16)6-9-18(21)20(17)2/h3-5,7-8,10-11,19H,6,9,12H2,1-2H3. The van der Waals surface area contributed by atoms with Crippen molar-refractivity contribution in [2.24, 2.45) is 0 Å². The van der Waals surface area contributed by atoms with Gasteiger partial charge in [-0.15, -0.1) is 0 Å². The summed E-state index contributed by atoms with van der Waals surface area (Å²) in [6, 6.07) is 12.8. The van der Waals surface area contributed by atoms with E-state index >= 15 is 0 Å². The van der Waals surface area contributed by atoms with Gasteiger partial charge in [-0.2, -0.15) is 0 Å². The number of nitrogens with zero attached hydrogens (tertiary/aromatic N) is 1. The number of aryl methyl sites for hydroxylation is 2. The summed E-state index contributed by atoms with van der Waals surface area (Å²) in [5.41, 5.74) is 4.14. The fourth-order valence-corrected chi connectivity index (χ4v) is 4.13. The van der Waals surface area contributed by atoms with Crippen molar-refractivity contribution in [2.75, 3.05) is 16.7 Å². The van der Waals surface area contributed by atoms with Gasteiger partial charge in [0.15, 0.2) is 0 Å². The molecule has 2 aromatic carbocycles. The molecule has 0 aliphatic carbocycles. The first-order chi connectivity index (χ1) is 11.3. The molecule has 1 aliphatic heterocycles. The highest BCUT2D eigenvalue weighted by atomic mass is 32.2. The van der Waals surface area contributed by atoms with Gasteiger partial charge in [0.1, 0.15) is 0 Å². The Morgan fingerprint density at radius 3 is 2.67 bits per heavy atom. The summed E-state index contributed by atoms with van der Waals surface area (Å²) < 4.78 is 27.4. The quantitative estimate of drug-likeness (QED) is 0.927. The van der Waals surface area contributed by atoms with Gasteiger partial charge in [0, 0.05) is 24.8 Å². The van der Waals surface area contributed by atoms with Crippen molar-refractivity contribution in [2.45, 2.75) is 25.5 Å². The molecule has 0 saturated heterocycles. The molecule has 24 heavy (non-hydrogen) atoms. The highest BCUT2D eigenvalue weighted by Gasteiger charge is 2.21. The Kier molecular flexibility index (Phi) is 4.32. The van der Waals surface area contributed by atoms with Gasteiger partial charge in [0.25, 0.3) is 0 Å². The van der Waals surface area contributed by atoms with Gasteiger partial charge in [-0.05, 0) is 42.7 Å². The molecule has 0 saturated carbocycles. The molecule has 3 rings (SSSR count). The lowest BCUT2D eigenvalue weighted by Gasteiger charge is -2.26. The molecule has 0 aromatic heterocycles. The van der Waals surface area contributed by atoms with Crippen LogP contribution in [0.15, 0.2) is 42.5 Å². The van der Waals surface area contributed by atoms with Crippen molar-refractivity contribution in [3.8, 4) is 0 Å². The summed E-state index contributed by atoms with van der Waals surface area (Å²) in [7, 11) is -1.75. The van der Waals surface area contributed by atoms with E-state index in [1.54, 1.807) is 30.1 Å². The van der Waals surface area contributed by atoms with E-state index in [0.29, 0.717) is 18.5 Å². The second kappa shape index (κ2) is 6.28. The summed E-state index contributed by atoms with van der Waals surface area (Å²) in [5, 5.41) is 0. The Balaban J connectivity index is 1.79. The number of hydrogen-bond donors (Lipinski definition) is 1. The molecule has 0 unspecified atom stereocenters. The fraction of sp³-hybridized carbons (Fsp3) is 0.278. The lowest BCUT2D eigenvalue weighted by molar-refractivity contribution is -0.118. The number of carbonyl (C=O) groups excluding carboxylic acids is 1. The summed E-state index contributed by atoms with van der Waals surface area (Å²) in [5.74, 6) is 0.0136. The van der Waals surface area contributed by atoms with Gasteiger partial charge < -0.3 is 4.90 Å². The van der Waals surface area contributed by atoms with E-state index in [-0.39, 0.29) is 11.7 Å². The molecule has 1 amide bonds. The molecule has 5 nitrogen and oxygen atoms in total. The van der Waals surface area contributed by atoms with E-state index in [0.717, 1.165) is 22.4 Å². The van der Waals surface area contributed by atoms with Crippen LogP contribution < -0.4 is 9.62 Å². The lowest BCUT2D eigenvalue weighted by Crippen LogP contribution is -2.31. The number of amides is 1. The van der Waals surface area contributed by atoms with Crippen LogP contribution in [-0.2, 0) is 27.0 Å². The van der Waals surface area contributed by atoms with Crippen molar-refractivity contribution in [3.63, 3.8) is 0 Å². The molecule has 1 aliphatic rings. The Morgan fingerprint density at radius 1 is 1.12 bits per heavy atom. The highest BCUT2D eigenvalue weighted by molar-refractivity contribution is 7.91. The van der Waals surface area contributed by atoms with Crippen LogP contribution in [0.5, 0.6) is 0 Å². The topological polar surface area (TPSA) is 66.5 Å². The largest absolute Gasteiger partial charge is 0.315 e. The van der Waals surface area contributed by atoms with Gasteiger partial charge in [-0.25, -0.2) is 8.42 Å². The molecule has 0 atom stereocenters. The van der Waals surface area contributed by atoms with Crippen molar-refractivity contribution in [1.29, 1.82) is 0 Å². The van der Waals surface area contributed by atoms with Crippen LogP contribution in [-0.4, -0.2) is 21.4 Å². The fourth-order valence-electron chi connectivity index (χ4n) is 2.96. The number of sulfonamides is 1. The van der Waals surface area contributed by atoms with Gasteiger partial charge in [0.2, 0.25) is 15.9 Å². The average molecular weight is 344 g/mol. The molecule has 0 radical (unpaired) electrons. The molecular formula is C18H20N2O3S. The molecule has 1 N–H and O–H groups in total. The van der Waals surface area contributed by atoms with Crippen LogP contribution >= 0.6 is 0 Å². The summed E-state index contributed by atoms with van der Waals surface area (Å²) in [6.45, 7) is 1.94. The first kappa shape index (κ1) is 16.5. The number of rotatable bonds is 4. The normalized spacial score (nSPS) is 14.4. The molecular weight excluding hydrogens is 324 g/mol. The van der Waals surface area contributed by atoms with E-state index in [2.05, 4.69) is 4.72 Å². The molecule has 6 heteroatoms.